The van der Waals surface area contributed by atoms with E-state index < -0.39 is 0 Å². The Balaban J connectivity index is 1.49. The fraction of sp³-hybridized carbons (Fsp3) is 0.368. The summed E-state index contributed by atoms with van der Waals surface area (Å²) in [6.07, 6.45) is 7.09. The molecule has 1 aliphatic heterocycles. The zero-order chi connectivity index (χ0) is 16.8. The van der Waals surface area contributed by atoms with Gasteiger partial charge in [-0.15, -0.1) is 0 Å². The molecule has 0 spiro atoms. The number of benzene rings is 1. The van der Waals surface area contributed by atoms with Crippen molar-refractivity contribution in [2.75, 3.05) is 23.7 Å². The number of hydrogen-bond donors (Lipinski definition) is 2. The fourth-order valence-corrected chi connectivity index (χ4v) is 3.05. The number of nitrogen functional groups attached to an aromatic ring is 1. The van der Waals surface area contributed by atoms with Crippen molar-refractivity contribution in [2.24, 2.45) is 0 Å². The number of nitrogens with two attached hydrogens (primary N) is 1. The van der Waals surface area contributed by atoms with Gasteiger partial charge >= 0.3 is 0 Å². The Kier molecular flexibility index (Phi) is 5.31. The van der Waals surface area contributed by atoms with E-state index in [1.807, 2.05) is 18.2 Å². The van der Waals surface area contributed by atoms with Gasteiger partial charge in [0.15, 0.2) is 0 Å². The Bertz CT molecular complexity index is 681. The van der Waals surface area contributed by atoms with Crippen LogP contribution in [0.5, 0.6) is 0 Å². The van der Waals surface area contributed by atoms with Crippen LogP contribution in [0.25, 0.3) is 0 Å². The molecule has 0 unspecified atom stereocenters. The van der Waals surface area contributed by atoms with Gasteiger partial charge < -0.3 is 16.0 Å². The highest BCUT2D eigenvalue weighted by Crippen LogP contribution is 2.27. The number of aryl methyl sites for hydroxylation is 1. The number of nitrogens with zero attached hydrogens (tertiary/aromatic N) is 2. The molecule has 0 bridgehead atoms. The molecule has 5 heteroatoms. The Morgan fingerprint density at radius 1 is 1.12 bits per heavy atom. The molecule has 0 aliphatic carbocycles. The topological polar surface area (TPSA) is 71.2 Å². The molecule has 1 fully saturated rings. The Morgan fingerprint density at radius 3 is 2.58 bits per heavy atom. The summed E-state index contributed by atoms with van der Waals surface area (Å²) in [5, 5.41) is 2.93. The molecule has 3 N–H and O–H groups in total. The number of pyridine rings is 1. The predicted octanol–water partition coefficient (Wildman–Crippen LogP) is 2.51. The fourth-order valence-electron chi connectivity index (χ4n) is 3.05. The first-order chi connectivity index (χ1) is 11.7. The number of amides is 1. The highest BCUT2D eigenvalue weighted by molar-refractivity contribution is 5.76. The molecular weight excluding hydrogens is 300 g/mol. The zero-order valence-corrected chi connectivity index (χ0v) is 13.9. The van der Waals surface area contributed by atoms with E-state index >= 15 is 0 Å². The lowest BCUT2D eigenvalue weighted by Gasteiger charge is -2.20. The van der Waals surface area contributed by atoms with Gasteiger partial charge in [0.25, 0.3) is 0 Å². The third-order valence-corrected chi connectivity index (χ3v) is 4.42. The number of hydrogen-bond acceptors (Lipinski definition) is 4. The zero-order valence-electron chi connectivity index (χ0n) is 13.9. The Labute approximate surface area is 142 Å². The molecule has 1 saturated heterocycles. The minimum Gasteiger partial charge on any atom is -0.397 e. The molecule has 0 atom stereocenters. The van der Waals surface area contributed by atoms with Crippen LogP contribution in [0.1, 0.15) is 30.4 Å². The predicted molar refractivity (Wildman–Crippen MR) is 96.7 cm³/mol. The van der Waals surface area contributed by atoms with Crippen LogP contribution in [0, 0.1) is 0 Å². The Morgan fingerprint density at radius 2 is 1.88 bits per heavy atom. The van der Waals surface area contributed by atoms with E-state index in [-0.39, 0.29) is 5.91 Å². The second-order valence-corrected chi connectivity index (χ2v) is 6.22. The van der Waals surface area contributed by atoms with E-state index in [0.717, 1.165) is 35.6 Å². The molecule has 0 saturated carbocycles. The van der Waals surface area contributed by atoms with E-state index in [4.69, 9.17) is 5.73 Å². The van der Waals surface area contributed by atoms with Crippen LogP contribution >= 0.6 is 0 Å². The number of rotatable bonds is 6. The van der Waals surface area contributed by atoms with Gasteiger partial charge in [0.2, 0.25) is 5.91 Å². The lowest BCUT2D eigenvalue weighted by atomic mass is 10.1. The number of carbonyl (C=O) groups excluding carboxylic acids is 1. The van der Waals surface area contributed by atoms with Gasteiger partial charge in [-0.1, -0.05) is 6.07 Å². The van der Waals surface area contributed by atoms with Crippen molar-refractivity contribution in [2.45, 2.75) is 32.2 Å². The first kappa shape index (κ1) is 16.3. The molecule has 2 heterocycles. The van der Waals surface area contributed by atoms with Gasteiger partial charge in [-0.3, -0.25) is 9.78 Å². The third kappa shape index (κ3) is 4.25. The molecule has 1 aromatic heterocycles. The maximum Gasteiger partial charge on any atom is 0.220 e. The van der Waals surface area contributed by atoms with Crippen LogP contribution < -0.4 is 16.0 Å². The van der Waals surface area contributed by atoms with Gasteiger partial charge in [-0.05, 0) is 54.7 Å². The van der Waals surface area contributed by atoms with Crippen LogP contribution in [0.4, 0.5) is 11.4 Å². The van der Waals surface area contributed by atoms with E-state index in [1.54, 1.807) is 12.4 Å². The third-order valence-electron chi connectivity index (χ3n) is 4.42. The lowest BCUT2D eigenvalue weighted by Crippen LogP contribution is -2.23. The summed E-state index contributed by atoms with van der Waals surface area (Å²) < 4.78 is 0. The van der Waals surface area contributed by atoms with Crippen LogP contribution in [-0.4, -0.2) is 24.0 Å². The second kappa shape index (κ2) is 7.81. The molecule has 3 rings (SSSR count). The summed E-state index contributed by atoms with van der Waals surface area (Å²) in [6.45, 7) is 2.71. The minimum absolute atomic E-state index is 0.0500. The van der Waals surface area contributed by atoms with Crippen molar-refractivity contribution in [3.05, 3.63) is 53.9 Å². The van der Waals surface area contributed by atoms with Gasteiger partial charge in [0.05, 0.1) is 11.4 Å². The highest BCUT2D eigenvalue weighted by Gasteiger charge is 2.15. The number of carbonyl (C=O) groups is 1. The highest BCUT2D eigenvalue weighted by atomic mass is 16.1. The van der Waals surface area contributed by atoms with Gasteiger partial charge in [-0.25, -0.2) is 0 Å². The first-order valence-electron chi connectivity index (χ1n) is 8.51. The average Bonchev–Trinajstić information content (AvgIpc) is 3.13. The van der Waals surface area contributed by atoms with E-state index in [9.17, 15) is 4.79 Å². The summed E-state index contributed by atoms with van der Waals surface area (Å²) in [6, 6.07) is 9.98. The summed E-state index contributed by atoms with van der Waals surface area (Å²) >= 11 is 0. The number of anilines is 2. The van der Waals surface area contributed by atoms with Crippen molar-refractivity contribution in [1.29, 1.82) is 0 Å². The normalized spacial score (nSPS) is 13.9. The summed E-state index contributed by atoms with van der Waals surface area (Å²) in [5.74, 6) is 0.0500. The summed E-state index contributed by atoms with van der Waals surface area (Å²) in [4.78, 5) is 18.3. The molecule has 126 valence electrons. The standard InChI is InChI=1S/C19H24N4O/c20-17-13-15(3-5-18(17)23-11-1-2-12-23)4-6-19(24)22-14-16-7-9-21-10-8-16/h3,5,7-10,13H,1-2,4,6,11-12,14,20H2,(H,22,24). The molecule has 2 aromatic rings. The molecule has 1 aliphatic rings. The minimum atomic E-state index is 0.0500. The van der Waals surface area contributed by atoms with Gasteiger partial charge in [-0.2, -0.15) is 0 Å². The van der Waals surface area contributed by atoms with Gasteiger partial charge in [0, 0.05) is 38.4 Å². The molecular formula is C19H24N4O. The van der Waals surface area contributed by atoms with Crippen molar-refractivity contribution in [1.82, 2.24) is 10.3 Å². The molecule has 24 heavy (non-hydrogen) atoms. The van der Waals surface area contributed by atoms with Crippen LogP contribution in [-0.2, 0) is 17.8 Å². The van der Waals surface area contributed by atoms with Crippen LogP contribution in [0.15, 0.2) is 42.7 Å². The van der Waals surface area contributed by atoms with Crippen molar-refractivity contribution in [3.8, 4) is 0 Å². The monoisotopic (exact) mass is 324 g/mol. The van der Waals surface area contributed by atoms with E-state index in [1.165, 1.54) is 12.8 Å². The maximum absolute atomic E-state index is 12.0. The summed E-state index contributed by atoms with van der Waals surface area (Å²) in [5.41, 5.74) is 10.3. The SMILES string of the molecule is Nc1cc(CCC(=O)NCc2ccncc2)ccc1N1CCCC1. The number of aromatic nitrogens is 1. The number of nitrogens with one attached hydrogen (secondary N) is 1. The summed E-state index contributed by atoms with van der Waals surface area (Å²) in [7, 11) is 0. The van der Waals surface area contributed by atoms with Crippen molar-refractivity contribution < 1.29 is 4.79 Å². The van der Waals surface area contributed by atoms with Gasteiger partial charge in [0.1, 0.15) is 0 Å². The molecule has 1 aromatic carbocycles. The van der Waals surface area contributed by atoms with Crippen LogP contribution in [0.2, 0.25) is 0 Å². The average molecular weight is 324 g/mol. The van der Waals surface area contributed by atoms with E-state index in [0.29, 0.717) is 19.4 Å². The maximum atomic E-state index is 12.0. The van der Waals surface area contributed by atoms with Crippen molar-refractivity contribution >= 4 is 17.3 Å². The van der Waals surface area contributed by atoms with Crippen LogP contribution in [0.3, 0.4) is 0 Å². The lowest BCUT2D eigenvalue weighted by molar-refractivity contribution is -0.121. The second-order valence-electron chi connectivity index (χ2n) is 6.22. The Hall–Kier alpha value is -2.56. The van der Waals surface area contributed by atoms with E-state index in [2.05, 4.69) is 27.3 Å². The largest absolute Gasteiger partial charge is 0.397 e. The molecule has 1 amide bonds. The molecule has 0 radical (unpaired) electrons. The first-order valence-corrected chi connectivity index (χ1v) is 8.51. The van der Waals surface area contributed by atoms with Crippen molar-refractivity contribution in [3.63, 3.8) is 0 Å². The smallest absolute Gasteiger partial charge is 0.220 e. The quantitative estimate of drug-likeness (QED) is 0.801. The molecule has 5 nitrogen and oxygen atoms in total.